The molecule has 0 atom stereocenters. The van der Waals surface area contributed by atoms with Crippen molar-refractivity contribution >= 4 is 23.5 Å². The number of benzene rings is 1. The Morgan fingerprint density at radius 2 is 2.09 bits per heavy atom. The molecule has 7 heteroatoms. The number of aromatic nitrogens is 2. The van der Waals surface area contributed by atoms with E-state index in [1.54, 1.807) is 0 Å². The quantitative estimate of drug-likeness (QED) is 0.597. The lowest BCUT2D eigenvalue weighted by Gasteiger charge is -2.10. The number of carbonyl (C=O) groups is 1. The Labute approximate surface area is 132 Å². The third kappa shape index (κ3) is 4.36. The Hall–Kier alpha value is -2.28. The summed E-state index contributed by atoms with van der Waals surface area (Å²) in [5.74, 6) is 0. The number of hydrogen-bond donors (Lipinski definition) is 3. The SMILES string of the molecule is CSc1nc(CNC(=O)Nc2cc(C)ccc2C)cc(=O)[nH]1. The first-order chi connectivity index (χ1) is 10.5. The summed E-state index contributed by atoms with van der Waals surface area (Å²) in [6, 6.07) is 6.89. The van der Waals surface area contributed by atoms with Crippen molar-refractivity contribution in [2.75, 3.05) is 11.6 Å². The molecule has 3 N–H and O–H groups in total. The molecule has 116 valence electrons. The zero-order valence-electron chi connectivity index (χ0n) is 12.7. The Bertz CT molecular complexity index is 743. The van der Waals surface area contributed by atoms with Crippen LogP contribution in [-0.2, 0) is 6.54 Å². The van der Waals surface area contributed by atoms with Crippen LogP contribution in [-0.4, -0.2) is 22.3 Å². The highest BCUT2D eigenvalue weighted by Gasteiger charge is 2.06. The van der Waals surface area contributed by atoms with E-state index in [9.17, 15) is 9.59 Å². The zero-order chi connectivity index (χ0) is 16.1. The molecule has 1 aromatic heterocycles. The van der Waals surface area contributed by atoms with E-state index in [0.717, 1.165) is 16.8 Å². The summed E-state index contributed by atoms with van der Waals surface area (Å²) in [4.78, 5) is 30.2. The van der Waals surface area contributed by atoms with Gasteiger partial charge in [0.05, 0.1) is 12.2 Å². The van der Waals surface area contributed by atoms with Gasteiger partial charge in [-0.25, -0.2) is 9.78 Å². The van der Waals surface area contributed by atoms with Gasteiger partial charge in [-0.2, -0.15) is 0 Å². The summed E-state index contributed by atoms with van der Waals surface area (Å²) in [5.41, 5.74) is 3.11. The van der Waals surface area contributed by atoms with Crippen LogP contribution >= 0.6 is 11.8 Å². The summed E-state index contributed by atoms with van der Waals surface area (Å²) >= 11 is 1.34. The molecule has 2 amide bonds. The average Bonchev–Trinajstić information content (AvgIpc) is 2.48. The number of aromatic amines is 1. The number of hydrogen-bond acceptors (Lipinski definition) is 4. The first-order valence-electron chi connectivity index (χ1n) is 6.74. The monoisotopic (exact) mass is 318 g/mol. The van der Waals surface area contributed by atoms with Crippen molar-refractivity contribution < 1.29 is 4.79 Å². The number of H-pyrrole nitrogens is 1. The van der Waals surface area contributed by atoms with Gasteiger partial charge in [0.2, 0.25) is 0 Å². The van der Waals surface area contributed by atoms with E-state index in [2.05, 4.69) is 20.6 Å². The molecule has 0 fully saturated rings. The zero-order valence-corrected chi connectivity index (χ0v) is 13.5. The van der Waals surface area contributed by atoms with Crippen molar-refractivity contribution in [3.8, 4) is 0 Å². The number of nitrogens with one attached hydrogen (secondary N) is 3. The van der Waals surface area contributed by atoms with Crippen LogP contribution in [0.2, 0.25) is 0 Å². The van der Waals surface area contributed by atoms with E-state index in [1.165, 1.54) is 17.8 Å². The molecule has 2 rings (SSSR count). The van der Waals surface area contributed by atoms with E-state index in [1.807, 2.05) is 38.3 Å². The Balaban J connectivity index is 2.00. The standard InChI is InChI=1S/C15H18N4O2S/c1-9-4-5-10(2)12(6-9)18-14(21)16-8-11-7-13(20)19-15(17-11)22-3/h4-7H,8H2,1-3H3,(H2,16,18,21)(H,17,19,20). The molecule has 6 nitrogen and oxygen atoms in total. The maximum absolute atomic E-state index is 11.9. The number of rotatable bonds is 4. The fraction of sp³-hybridized carbons (Fsp3) is 0.267. The Morgan fingerprint density at radius 3 is 2.82 bits per heavy atom. The second kappa shape index (κ2) is 7.13. The summed E-state index contributed by atoms with van der Waals surface area (Å²) in [6.45, 7) is 4.08. The summed E-state index contributed by atoms with van der Waals surface area (Å²) in [6.07, 6.45) is 1.82. The molecule has 22 heavy (non-hydrogen) atoms. The first-order valence-corrected chi connectivity index (χ1v) is 7.97. The fourth-order valence-electron chi connectivity index (χ4n) is 1.88. The van der Waals surface area contributed by atoms with Crippen molar-refractivity contribution in [2.24, 2.45) is 0 Å². The molecule has 0 aliphatic carbocycles. The number of carbonyl (C=O) groups excluding carboxylic acids is 1. The molecule has 2 aromatic rings. The molecular weight excluding hydrogens is 300 g/mol. The molecule has 0 spiro atoms. The Morgan fingerprint density at radius 1 is 1.32 bits per heavy atom. The molecule has 0 saturated heterocycles. The minimum Gasteiger partial charge on any atom is -0.332 e. The average molecular weight is 318 g/mol. The predicted octanol–water partition coefficient (Wildman–Crippen LogP) is 2.43. The number of nitrogens with zero attached hydrogens (tertiary/aromatic N) is 1. The number of aryl methyl sites for hydroxylation is 2. The highest BCUT2D eigenvalue weighted by Crippen LogP contribution is 2.16. The third-order valence-electron chi connectivity index (χ3n) is 3.04. The summed E-state index contributed by atoms with van der Waals surface area (Å²) < 4.78 is 0. The van der Waals surface area contributed by atoms with Crippen LogP contribution in [0, 0.1) is 13.8 Å². The number of thioether (sulfide) groups is 1. The smallest absolute Gasteiger partial charge is 0.319 e. The predicted molar refractivity (Wildman–Crippen MR) is 88.4 cm³/mol. The summed E-state index contributed by atoms with van der Waals surface area (Å²) in [7, 11) is 0. The lowest BCUT2D eigenvalue weighted by molar-refractivity contribution is 0.251. The molecule has 0 unspecified atom stereocenters. The van der Waals surface area contributed by atoms with Crippen molar-refractivity contribution in [2.45, 2.75) is 25.5 Å². The van der Waals surface area contributed by atoms with Gasteiger partial charge < -0.3 is 15.6 Å². The van der Waals surface area contributed by atoms with E-state index >= 15 is 0 Å². The van der Waals surface area contributed by atoms with Crippen LogP contribution in [0.1, 0.15) is 16.8 Å². The lowest BCUT2D eigenvalue weighted by atomic mass is 10.1. The van der Waals surface area contributed by atoms with Crippen molar-refractivity contribution in [3.63, 3.8) is 0 Å². The Kier molecular flexibility index (Phi) is 5.21. The lowest BCUT2D eigenvalue weighted by Crippen LogP contribution is -2.29. The number of urea groups is 1. The van der Waals surface area contributed by atoms with E-state index < -0.39 is 0 Å². The van der Waals surface area contributed by atoms with Gasteiger partial charge in [-0.05, 0) is 37.3 Å². The van der Waals surface area contributed by atoms with Gasteiger partial charge in [-0.3, -0.25) is 4.79 Å². The van der Waals surface area contributed by atoms with Gasteiger partial charge in [0.15, 0.2) is 5.16 Å². The maximum Gasteiger partial charge on any atom is 0.319 e. The van der Waals surface area contributed by atoms with E-state index in [0.29, 0.717) is 10.9 Å². The van der Waals surface area contributed by atoms with Gasteiger partial charge in [-0.1, -0.05) is 23.9 Å². The van der Waals surface area contributed by atoms with Gasteiger partial charge in [0, 0.05) is 11.8 Å². The molecule has 1 heterocycles. The van der Waals surface area contributed by atoms with Gasteiger partial charge in [0.1, 0.15) is 0 Å². The largest absolute Gasteiger partial charge is 0.332 e. The first kappa shape index (κ1) is 16.1. The van der Waals surface area contributed by atoms with Gasteiger partial charge in [-0.15, -0.1) is 0 Å². The second-order valence-corrected chi connectivity index (χ2v) is 5.67. The van der Waals surface area contributed by atoms with Gasteiger partial charge in [0.25, 0.3) is 5.56 Å². The highest BCUT2D eigenvalue weighted by atomic mass is 32.2. The van der Waals surface area contributed by atoms with Crippen molar-refractivity contribution in [1.29, 1.82) is 0 Å². The number of anilines is 1. The molecular formula is C15H18N4O2S. The molecule has 0 bridgehead atoms. The molecule has 0 saturated carbocycles. The minimum atomic E-state index is -0.332. The molecule has 0 aliphatic heterocycles. The molecule has 0 radical (unpaired) electrons. The minimum absolute atomic E-state index is 0.189. The van der Waals surface area contributed by atoms with E-state index in [-0.39, 0.29) is 18.1 Å². The van der Waals surface area contributed by atoms with Crippen LogP contribution in [0.25, 0.3) is 0 Å². The normalized spacial score (nSPS) is 10.3. The van der Waals surface area contributed by atoms with Gasteiger partial charge >= 0.3 is 6.03 Å². The van der Waals surface area contributed by atoms with Crippen LogP contribution in [0.4, 0.5) is 10.5 Å². The molecule has 1 aromatic carbocycles. The molecule has 0 aliphatic rings. The van der Waals surface area contributed by atoms with Crippen LogP contribution in [0.3, 0.4) is 0 Å². The topological polar surface area (TPSA) is 86.9 Å². The van der Waals surface area contributed by atoms with Crippen LogP contribution < -0.4 is 16.2 Å². The van der Waals surface area contributed by atoms with Crippen molar-refractivity contribution in [1.82, 2.24) is 15.3 Å². The van der Waals surface area contributed by atoms with E-state index in [4.69, 9.17) is 0 Å². The fourth-order valence-corrected chi connectivity index (χ4v) is 2.29. The number of amides is 2. The highest BCUT2D eigenvalue weighted by molar-refractivity contribution is 7.98. The maximum atomic E-state index is 11.9. The summed E-state index contributed by atoms with van der Waals surface area (Å²) in [5, 5.41) is 6.02. The van der Waals surface area contributed by atoms with Crippen LogP contribution in [0.15, 0.2) is 34.2 Å². The van der Waals surface area contributed by atoms with Crippen molar-refractivity contribution in [3.05, 3.63) is 51.4 Å². The second-order valence-electron chi connectivity index (χ2n) is 4.87. The third-order valence-corrected chi connectivity index (χ3v) is 3.62. The van der Waals surface area contributed by atoms with Crippen LogP contribution in [0.5, 0.6) is 0 Å².